The molecule has 22 heavy (non-hydrogen) atoms. The van der Waals surface area contributed by atoms with Crippen LogP contribution in [0, 0.1) is 0 Å². The summed E-state index contributed by atoms with van der Waals surface area (Å²) in [6, 6.07) is 9.10. The van der Waals surface area contributed by atoms with Crippen molar-refractivity contribution in [1.29, 1.82) is 0 Å². The molecule has 118 valence electrons. The SMILES string of the molecule is CCC(=O)NC[C@@H](c1ccco1)S(=O)(=O)c1ccc(Cl)cc1. The van der Waals surface area contributed by atoms with Crippen molar-refractivity contribution < 1.29 is 17.6 Å². The number of hydrogen-bond donors (Lipinski definition) is 1. The average Bonchev–Trinajstić information content (AvgIpc) is 3.01. The van der Waals surface area contributed by atoms with Crippen molar-refractivity contribution in [2.45, 2.75) is 23.5 Å². The first-order valence-corrected chi connectivity index (χ1v) is 8.67. The van der Waals surface area contributed by atoms with Crippen LogP contribution in [-0.4, -0.2) is 20.9 Å². The number of carbonyl (C=O) groups is 1. The van der Waals surface area contributed by atoms with E-state index in [1.54, 1.807) is 19.1 Å². The molecule has 0 aliphatic carbocycles. The van der Waals surface area contributed by atoms with Crippen molar-refractivity contribution in [3.8, 4) is 0 Å². The summed E-state index contributed by atoms with van der Waals surface area (Å²) in [6.45, 7) is 1.65. The second kappa shape index (κ2) is 6.98. The van der Waals surface area contributed by atoms with E-state index in [4.69, 9.17) is 16.0 Å². The summed E-state index contributed by atoms with van der Waals surface area (Å²) in [7, 11) is -3.71. The molecular formula is C15H16ClNO4S. The third kappa shape index (κ3) is 3.69. The number of hydrogen-bond acceptors (Lipinski definition) is 4. The topological polar surface area (TPSA) is 76.4 Å². The predicted octanol–water partition coefficient (Wildman–Crippen LogP) is 2.97. The molecule has 0 spiro atoms. The Morgan fingerprint density at radius 3 is 2.50 bits per heavy atom. The number of halogens is 1. The molecule has 0 bridgehead atoms. The summed E-state index contributed by atoms with van der Waals surface area (Å²) in [4.78, 5) is 11.6. The van der Waals surface area contributed by atoms with Crippen LogP contribution >= 0.6 is 11.6 Å². The van der Waals surface area contributed by atoms with Crippen LogP contribution in [-0.2, 0) is 14.6 Å². The van der Waals surface area contributed by atoms with Gasteiger partial charge in [0.15, 0.2) is 9.84 Å². The van der Waals surface area contributed by atoms with Crippen molar-refractivity contribution in [3.63, 3.8) is 0 Å². The predicted molar refractivity (Wildman–Crippen MR) is 83.4 cm³/mol. The lowest BCUT2D eigenvalue weighted by molar-refractivity contribution is -0.120. The first-order chi connectivity index (χ1) is 10.4. The van der Waals surface area contributed by atoms with E-state index < -0.39 is 15.1 Å². The molecule has 0 saturated carbocycles. The molecule has 0 aliphatic heterocycles. The molecule has 5 nitrogen and oxygen atoms in total. The molecule has 1 aromatic carbocycles. The van der Waals surface area contributed by atoms with E-state index in [0.717, 1.165) is 0 Å². The molecule has 1 heterocycles. The van der Waals surface area contributed by atoms with Crippen LogP contribution < -0.4 is 5.32 Å². The van der Waals surface area contributed by atoms with Gasteiger partial charge in [0.1, 0.15) is 11.0 Å². The van der Waals surface area contributed by atoms with Crippen molar-refractivity contribution >= 4 is 27.3 Å². The molecule has 0 saturated heterocycles. The lowest BCUT2D eigenvalue weighted by Crippen LogP contribution is -2.31. The molecule has 0 unspecified atom stereocenters. The van der Waals surface area contributed by atoms with E-state index in [1.807, 2.05) is 0 Å². The maximum absolute atomic E-state index is 12.8. The number of rotatable bonds is 6. The van der Waals surface area contributed by atoms with Crippen LogP contribution in [0.5, 0.6) is 0 Å². The Hall–Kier alpha value is -1.79. The van der Waals surface area contributed by atoms with Gasteiger partial charge in [0, 0.05) is 18.0 Å². The molecule has 2 rings (SSSR count). The normalized spacial score (nSPS) is 12.8. The maximum atomic E-state index is 12.8. The van der Waals surface area contributed by atoms with Crippen molar-refractivity contribution in [1.82, 2.24) is 5.32 Å². The van der Waals surface area contributed by atoms with Crippen molar-refractivity contribution in [2.75, 3.05) is 6.54 Å². The molecule has 1 amide bonds. The minimum absolute atomic E-state index is 0.0504. The third-order valence-electron chi connectivity index (χ3n) is 3.18. The van der Waals surface area contributed by atoms with Gasteiger partial charge < -0.3 is 9.73 Å². The number of amides is 1. The second-order valence-corrected chi connectivity index (χ2v) is 7.23. The Morgan fingerprint density at radius 2 is 1.95 bits per heavy atom. The van der Waals surface area contributed by atoms with Gasteiger partial charge in [-0.05, 0) is 36.4 Å². The fraction of sp³-hybridized carbons (Fsp3) is 0.267. The van der Waals surface area contributed by atoms with E-state index in [0.29, 0.717) is 5.02 Å². The highest BCUT2D eigenvalue weighted by Gasteiger charge is 2.31. The molecule has 1 atom stereocenters. The van der Waals surface area contributed by atoms with Gasteiger partial charge in [-0.3, -0.25) is 4.79 Å². The largest absolute Gasteiger partial charge is 0.468 e. The number of furan rings is 1. The van der Waals surface area contributed by atoms with E-state index >= 15 is 0 Å². The first kappa shape index (κ1) is 16.6. The fourth-order valence-corrected chi connectivity index (χ4v) is 3.67. The summed E-state index contributed by atoms with van der Waals surface area (Å²) in [5.74, 6) is 0.0641. The van der Waals surface area contributed by atoms with Gasteiger partial charge in [-0.2, -0.15) is 0 Å². The smallest absolute Gasteiger partial charge is 0.219 e. The fourth-order valence-electron chi connectivity index (χ4n) is 1.96. The van der Waals surface area contributed by atoms with Gasteiger partial charge in [-0.1, -0.05) is 18.5 Å². The standard InChI is InChI=1S/C15H16ClNO4S/c1-2-15(18)17-10-14(13-4-3-9-21-13)22(19,20)12-7-5-11(16)6-8-12/h3-9,14H,2,10H2,1H3,(H,17,18)/t14-/m0/s1. The quantitative estimate of drug-likeness (QED) is 0.876. The van der Waals surface area contributed by atoms with Gasteiger partial charge >= 0.3 is 0 Å². The zero-order chi connectivity index (χ0) is 16.2. The van der Waals surface area contributed by atoms with E-state index in [9.17, 15) is 13.2 Å². The van der Waals surface area contributed by atoms with Crippen LogP contribution in [0.1, 0.15) is 24.4 Å². The van der Waals surface area contributed by atoms with Gasteiger partial charge in [0.25, 0.3) is 0 Å². The highest BCUT2D eigenvalue weighted by Crippen LogP contribution is 2.29. The Morgan fingerprint density at radius 1 is 1.27 bits per heavy atom. The van der Waals surface area contributed by atoms with Gasteiger partial charge in [-0.25, -0.2) is 8.42 Å². The van der Waals surface area contributed by atoms with Crippen LogP contribution in [0.3, 0.4) is 0 Å². The number of nitrogens with one attached hydrogen (secondary N) is 1. The Balaban J connectivity index is 2.35. The highest BCUT2D eigenvalue weighted by atomic mass is 35.5. The molecule has 1 aromatic heterocycles. The van der Waals surface area contributed by atoms with E-state index in [1.165, 1.54) is 30.5 Å². The summed E-state index contributed by atoms with van der Waals surface area (Å²) in [5, 5.41) is 2.07. The first-order valence-electron chi connectivity index (χ1n) is 6.74. The molecule has 7 heteroatoms. The minimum Gasteiger partial charge on any atom is -0.468 e. The Labute approximate surface area is 134 Å². The molecule has 1 N–H and O–H groups in total. The van der Waals surface area contributed by atoms with Gasteiger partial charge in [0.05, 0.1) is 11.2 Å². The zero-order valence-electron chi connectivity index (χ0n) is 12.0. The lowest BCUT2D eigenvalue weighted by Gasteiger charge is -2.16. The van der Waals surface area contributed by atoms with E-state index in [2.05, 4.69) is 5.32 Å². The van der Waals surface area contributed by atoms with Crippen molar-refractivity contribution in [2.24, 2.45) is 0 Å². The Kier molecular flexibility index (Phi) is 5.26. The van der Waals surface area contributed by atoms with Gasteiger partial charge in [0.2, 0.25) is 5.91 Å². The third-order valence-corrected chi connectivity index (χ3v) is 5.51. The molecular weight excluding hydrogens is 326 g/mol. The number of carbonyl (C=O) groups excluding carboxylic acids is 1. The lowest BCUT2D eigenvalue weighted by atomic mass is 10.3. The van der Waals surface area contributed by atoms with Crippen LogP contribution in [0.25, 0.3) is 0 Å². The Bertz CT molecular complexity index is 723. The summed E-state index contributed by atoms with van der Waals surface area (Å²) < 4.78 is 30.8. The summed E-state index contributed by atoms with van der Waals surface area (Å²) >= 11 is 5.79. The highest BCUT2D eigenvalue weighted by molar-refractivity contribution is 7.91. The van der Waals surface area contributed by atoms with Crippen molar-refractivity contribution in [3.05, 3.63) is 53.4 Å². The molecule has 2 aromatic rings. The molecule has 0 fully saturated rings. The van der Waals surface area contributed by atoms with Gasteiger partial charge in [-0.15, -0.1) is 0 Å². The van der Waals surface area contributed by atoms with Crippen LogP contribution in [0.4, 0.5) is 0 Å². The number of benzene rings is 1. The maximum Gasteiger partial charge on any atom is 0.219 e. The zero-order valence-corrected chi connectivity index (χ0v) is 13.5. The monoisotopic (exact) mass is 341 g/mol. The number of sulfone groups is 1. The van der Waals surface area contributed by atoms with E-state index in [-0.39, 0.29) is 29.5 Å². The molecule has 0 radical (unpaired) electrons. The van der Waals surface area contributed by atoms with Crippen LogP contribution in [0.15, 0.2) is 52.0 Å². The second-order valence-electron chi connectivity index (χ2n) is 4.66. The molecule has 0 aliphatic rings. The summed E-state index contributed by atoms with van der Waals surface area (Å²) in [6.07, 6.45) is 1.69. The minimum atomic E-state index is -3.71. The summed E-state index contributed by atoms with van der Waals surface area (Å²) in [5.41, 5.74) is 0. The average molecular weight is 342 g/mol. The van der Waals surface area contributed by atoms with Crippen LogP contribution in [0.2, 0.25) is 5.02 Å².